The highest BCUT2D eigenvalue weighted by Crippen LogP contribution is 2.26. The zero-order valence-corrected chi connectivity index (χ0v) is 11.7. The minimum Gasteiger partial charge on any atom is -0.461 e. The van der Waals surface area contributed by atoms with Crippen molar-refractivity contribution in [1.82, 2.24) is 5.32 Å². The van der Waals surface area contributed by atoms with Crippen LogP contribution < -0.4 is 5.32 Å². The molecule has 19 heavy (non-hydrogen) atoms. The molecule has 0 bridgehead atoms. The Morgan fingerprint density at radius 3 is 2.95 bits per heavy atom. The number of hydrogen-bond donors (Lipinski definition) is 1. The molecule has 1 atom stereocenters. The molecule has 3 nitrogen and oxygen atoms in total. The monoisotopic (exact) mass is 259 g/mol. The maximum atomic E-state index is 5.79. The predicted octanol–water partition coefficient (Wildman–Crippen LogP) is 3.40. The van der Waals surface area contributed by atoms with Crippen molar-refractivity contribution in [1.29, 1.82) is 0 Å². The quantitative estimate of drug-likeness (QED) is 0.913. The van der Waals surface area contributed by atoms with Gasteiger partial charge in [0.05, 0.1) is 5.60 Å². The van der Waals surface area contributed by atoms with E-state index in [0.717, 1.165) is 37.5 Å². The van der Waals surface area contributed by atoms with Gasteiger partial charge in [0.15, 0.2) is 0 Å². The van der Waals surface area contributed by atoms with E-state index in [1.54, 1.807) is 0 Å². The van der Waals surface area contributed by atoms with Gasteiger partial charge < -0.3 is 14.5 Å². The number of fused-ring (bicyclic) bond motifs is 1. The van der Waals surface area contributed by atoms with Crippen molar-refractivity contribution < 1.29 is 9.15 Å². The highest BCUT2D eigenvalue weighted by Gasteiger charge is 2.29. The minimum absolute atomic E-state index is 0.00738. The fourth-order valence-corrected chi connectivity index (χ4v) is 2.87. The normalized spacial score (nSPS) is 23.3. The molecule has 1 N–H and O–H groups in total. The summed E-state index contributed by atoms with van der Waals surface area (Å²) in [5.41, 5.74) is 2.24. The third kappa shape index (κ3) is 2.53. The second kappa shape index (κ2) is 4.99. The van der Waals surface area contributed by atoms with Gasteiger partial charge in [-0.3, -0.25) is 0 Å². The van der Waals surface area contributed by atoms with Crippen LogP contribution >= 0.6 is 0 Å². The molecule has 1 aromatic heterocycles. The highest BCUT2D eigenvalue weighted by molar-refractivity contribution is 5.82. The van der Waals surface area contributed by atoms with Gasteiger partial charge in [-0.1, -0.05) is 18.2 Å². The van der Waals surface area contributed by atoms with Gasteiger partial charge >= 0.3 is 0 Å². The highest BCUT2D eigenvalue weighted by atomic mass is 16.5. The van der Waals surface area contributed by atoms with Crippen molar-refractivity contribution in [3.8, 4) is 0 Å². The van der Waals surface area contributed by atoms with E-state index in [1.807, 2.05) is 19.1 Å². The lowest BCUT2D eigenvalue weighted by Gasteiger charge is -2.23. The molecule has 0 spiro atoms. The summed E-state index contributed by atoms with van der Waals surface area (Å²) in [6, 6.07) is 8.21. The molecular formula is C16H21NO2. The van der Waals surface area contributed by atoms with Crippen LogP contribution in [0.15, 0.2) is 28.7 Å². The molecular weight excluding hydrogens is 238 g/mol. The maximum Gasteiger partial charge on any atom is 0.134 e. The van der Waals surface area contributed by atoms with Gasteiger partial charge in [-0.2, -0.15) is 0 Å². The van der Waals surface area contributed by atoms with E-state index in [-0.39, 0.29) is 5.60 Å². The molecule has 1 aliphatic rings. The summed E-state index contributed by atoms with van der Waals surface area (Å²) in [4.78, 5) is 0. The Hall–Kier alpha value is -1.32. The van der Waals surface area contributed by atoms with E-state index in [4.69, 9.17) is 9.15 Å². The molecule has 3 rings (SSSR count). The van der Waals surface area contributed by atoms with E-state index in [1.165, 1.54) is 17.4 Å². The maximum absolute atomic E-state index is 5.79. The van der Waals surface area contributed by atoms with E-state index < -0.39 is 0 Å². The Morgan fingerprint density at radius 1 is 1.32 bits per heavy atom. The second-order valence-corrected chi connectivity index (χ2v) is 5.64. The lowest BCUT2D eigenvalue weighted by molar-refractivity contribution is 0.0206. The van der Waals surface area contributed by atoms with Crippen molar-refractivity contribution in [2.45, 2.75) is 38.8 Å². The number of hydrogen-bond acceptors (Lipinski definition) is 3. The summed E-state index contributed by atoms with van der Waals surface area (Å²) in [6.45, 7) is 6.84. The third-order valence-corrected chi connectivity index (χ3v) is 4.00. The first-order valence-corrected chi connectivity index (χ1v) is 7.00. The van der Waals surface area contributed by atoms with Crippen LogP contribution in [0.1, 0.15) is 31.1 Å². The van der Waals surface area contributed by atoms with Crippen LogP contribution in [0, 0.1) is 6.92 Å². The molecule has 0 saturated carbocycles. The Morgan fingerprint density at radius 2 is 2.16 bits per heavy atom. The molecule has 1 aromatic carbocycles. The first kappa shape index (κ1) is 12.7. The largest absolute Gasteiger partial charge is 0.461 e. The molecule has 2 heterocycles. The van der Waals surface area contributed by atoms with Crippen molar-refractivity contribution in [3.63, 3.8) is 0 Å². The molecule has 1 unspecified atom stereocenters. The average Bonchev–Trinajstić information content (AvgIpc) is 2.95. The predicted molar refractivity (Wildman–Crippen MR) is 76.2 cm³/mol. The Kier molecular flexibility index (Phi) is 3.33. The summed E-state index contributed by atoms with van der Waals surface area (Å²) in [6.07, 6.45) is 2.32. The fourth-order valence-electron chi connectivity index (χ4n) is 2.87. The molecule has 2 aromatic rings. The van der Waals surface area contributed by atoms with Gasteiger partial charge in [-0.05, 0) is 32.8 Å². The first-order chi connectivity index (χ1) is 9.18. The average molecular weight is 259 g/mol. The van der Waals surface area contributed by atoms with E-state index in [9.17, 15) is 0 Å². The fraction of sp³-hybridized carbons (Fsp3) is 0.500. The standard InChI is InChI=1S/C16H21NO2/c1-12-14(13-6-3-4-7-15(13)19-12)10-17-11-16(2)8-5-9-18-16/h3-4,6-7,17H,5,8-11H2,1-2H3. The van der Waals surface area contributed by atoms with Crippen LogP contribution in [-0.4, -0.2) is 18.8 Å². The van der Waals surface area contributed by atoms with Crippen LogP contribution in [0.25, 0.3) is 11.0 Å². The van der Waals surface area contributed by atoms with Gasteiger partial charge in [0, 0.05) is 30.6 Å². The van der Waals surface area contributed by atoms with Gasteiger partial charge in [0.1, 0.15) is 11.3 Å². The second-order valence-electron chi connectivity index (χ2n) is 5.64. The van der Waals surface area contributed by atoms with Gasteiger partial charge in [-0.15, -0.1) is 0 Å². The van der Waals surface area contributed by atoms with E-state index in [2.05, 4.69) is 24.4 Å². The summed E-state index contributed by atoms with van der Waals surface area (Å²) in [5, 5.41) is 4.73. The first-order valence-electron chi connectivity index (χ1n) is 7.00. The lowest BCUT2D eigenvalue weighted by Crippen LogP contribution is -2.36. The number of para-hydroxylation sites is 1. The number of benzene rings is 1. The van der Waals surface area contributed by atoms with Crippen molar-refractivity contribution in [3.05, 3.63) is 35.6 Å². The molecule has 3 heteroatoms. The molecule has 1 fully saturated rings. The van der Waals surface area contributed by atoms with Crippen molar-refractivity contribution >= 4 is 11.0 Å². The smallest absolute Gasteiger partial charge is 0.134 e. The van der Waals surface area contributed by atoms with E-state index in [0.29, 0.717) is 0 Å². The van der Waals surface area contributed by atoms with Gasteiger partial charge in [0.2, 0.25) is 0 Å². The number of nitrogens with one attached hydrogen (secondary N) is 1. The van der Waals surface area contributed by atoms with Crippen LogP contribution in [-0.2, 0) is 11.3 Å². The summed E-state index contributed by atoms with van der Waals surface area (Å²) < 4.78 is 11.6. The van der Waals surface area contributed by atoms with E-state index >= 15 is 0 Å². The summed E-state index contributed by atoms with van der Waals surface area (Å²) >= 11 is 0. The molecule has 1 aliphatic heterocycles. The number of rotatable bonds is 4. The van der Waals surface area contributed by atoms with Crippen molar-refractivity contribution in [2.24, 2.45) is 0 Å². The third-order valence-electron chi connectivity index (χ3n) is 4.00. The van der Waals surface area contributed by atoms with Crippen LogP contribution in [0.3, 0.4) is 0 Å². The molecule has 1 saturated heterocycles. The zero-order valence-electron chi connectivity index (χ0n) is 11.7. The van der Waals surface area contributed by atoms with Gasteiger partial charge in [0.25, 0.3) is 0 Å². The number of ether oxygens (including phenoxy) is 1. The van der Waals surface area contributed by atoms with Gasteiger partial charge in [-0.25, -0.2) is 0 Å². The molecule has 102 valence electrons. The molecule has 0 aliphatic carbocycles. The Bertz CT molecular complexity index is 567. The summed E-state index contributed by atoms with van der Waals surface area (Å²) in [5.74, 6) is 1.01. The van der Waals surface area contributed by atoms with Crippen LogP contribution in [0.5, 0.6) is 0 Å². The Balaban J connectivity index is 1.70. The lowest BCUT2D eigenvalue weighted by atomic mass is 10.0. The van der Waals surface area contributed by atoms with Crippen molar-refractivity contribution in [2.75, 3.05) is 13.2 Å². The number of aryl methyl sites for hydroxylation is 1. The SMILES string of the molecule is Cc1oc2ccccc2c1CNCC1(C)CCCO1. The van der Waals surface area contributed by atoms with Crippen LogP contribution in [0.4, 0.5) is 0 Å². The topological polar surface area (TPSA) is 34.4 Å². The zero-order chi connectivity index (χ0) is 13.3. The Labute approximate surface area is 113 Å². The molecule has 0 radical (unpaired) electrons. The number of furan rings is 1. The summed E-state index contributed by atoms with van der Waals surface area (Å²) in [7, 11) is 0. The minimum atomic E-state index is 0.00738. The van der Waals surface area contributed by atoms with Crippen LogP contribution in [0.2, 0.25) is 0 Å². The molecule has 0 amide bonds.